The summed E-state index contributed by atoms with van der Waals surface area (Å²) in [5.74, 6) is -5.71. The van der Waals surface area contributed by atoms with Gasteiger partial charge in [-0.2, -0.15) is 0 Å². The van der Waals surface area contributed by atoms with Crippen LogP contribution < -0.4 is 21.7 Å². The van der Waals surface area contributed by atoms with Crippen molar-refractivity contribution < 1.29 is 39.3 Å². The van der Waals surface area contributed by atoms with Crippen LogP contribution in [0.2, 0.25) is 0 Å². The van der Waals surface area contributed by atoms with Gasteiger partial charge in [-0.25, -0.2) is 9.78 Å². The maximum atomic E-state index is 12.7. The predicted molar refractivity (Wildman–Crippen MR) is 103 cm³/mol. The van der Waals surface area contributed by atoms with Crippen molar-refractivity contribution in [1.82, 2.24) is 25.9 Å². The Bertz CT molecular complexity index is 795. The van der Waals surface area contributed by atoms with Crippen LogP contribution in [0.4, 0.5) is 0 Å². The lowest BCUT2D eigenvalue weighted by Crippen LogP contribution is -2.58. The number of rotatable bonds is 12. The topological polar surface area (TPSA) is 237 Å². The summed E-state index contributed by atoms with van der Waals surface area (Å²) < 4.78 is 0. The number of amides is 3. The number of carbonyl (C=O) groups is 5. The number of H-pyrrole nitrogens is 1. The molecule has 31 heavy (non-hydrogen) atoms. The number of carboxylic acid groups (broad SMARTS) is 2. The number of nitrogens with zero attached hydrogens (tertiary/aromatic N) is 1. The van der Waals surface area contributed by atoms with Crippen molar-refractivity contribution in [3.8, 4) is 0 Å². The van der Waals surface area contributed by atoms with E-state index in [9.17, 15) is 29.1 Å². The lowest BCUT2D eigenvalue weighted by molar-refractivity contribution is -0.146. The second-order valence-corrected chi connectivity index (χ2v) is 6.85. The molecule has 1 rings (SSSR count). The molecule has 0 fully saturated rings. The third-order valence-electron chi connectivity index (χ3n) is 4.08. The van der Waals surface area contributed by atoms with Crippen LogP contribution in [0, 0.1) is 0 Å². The van der Waals surface area contributed by atoms with E-state index in [0.29, 0.717) is 5.69 Å². The maximum absolute atomic E-state index is 12.7. The summed E-state index contributed by atoms with van der Waals surface area (Å²) in [6.07, 6.45) is 0.320. The van der Waals surface area contributed by atoms with Gasteiger partial charge in [0.25, 0.3) is 0 Å². The Hall–Kier alpha value is -3.52. The molecule has 9 N–H and O–H groups in total. The largest absolute Gasteiger partial charge is 0.481 e. The highest BCUT2D eigenvalue weighted by Crippen LogP contribution is 2.03. The van der Waals surface area contributed by atoms with E-state index < -0.39 is 66.4 Å². The number of aliphatic carboxylic acids is 2. The lowest BCUT2D eigenvalue weighted by Gasteiger charge is -2.24. The number of imidazole rings is 1. The van der Waals surface area contributed by atoms with Gasteiger partial charge < -0.3 is 42.0 Å². The van der Waals surface area contributed by atoms with E-state index in [1.807, 2.05) is 5.32 Å². The van der Waals surface area contributed by atoms with E-state index in [1.54, 1.807) is 0 Å². The van der Waals surface area contributed by atoms with Crippen molar-refractivity contribution in [1.29, 1.82) is 0 Å². The standard InChI is InChI=1S/C17H26N6O8/c1-7(18)14(27)21-10(3-9-5-19-6-20-9)15(28)22-11(4-12(25)26)16(29)23-13(8(2)24)17(30)31/h5-8,10-11,13,24H,3-4,18H2,1-2H3,(H,19,20)(H,21,27)(H,22,28)(H,23,29)(H,25,26)(H,30,31). The minimum absolute atomic E-state index is 0.0723. The predicted octanol–water partition coefficient (Wildman–Crippen LogP) is -3.31. The smallest absolute Gasteiger partial charge is 0.328 e. The van der Waals surface area contributed by atoms with Crippen molar-refractivity contribution in [2.24, 2.45) is 5.73 Å². The summed E-state index contributed by atoms with van der Waals surface area (Å²) in [6, 6.07) is -5.59. The zero-order chi connectivity index (χ0) is 23.7. The van der Waals surface area contributed by atoms with Gasteiger partial charge in [0.1, 0.15) is 12.1 Å². The van der Waals surface area contributed by atoms with Crippen LogP contribution in [0.5, 0.6) is 0 Å². The van der Waals surface area contributed by atoms with Crippen LogP contribution in [-0.4, -0.2) is 85.2 Å². The van der Waals surface area contributed by atoms with E-state index in [1.165, 1.54) is 19.4 Å². The number of nitrogens with two attached hydrogens (primary N) is 1. The molecule has 1 aromatic heterocycles. The molecule has 0 spiro atoms. The van der Waals surface area contributed by atoms with Gasteiger partial charge in [0.15, 0.2) is 6.04 Å². The first kappa shape index (κ1) is 25.5. The number of carbonyl (C=O) groups excluding carboxylic acids is 3. The van der Waals surface area contributed by atoms with Gasteiger partial charge in [0.2, 0.25) is 17.7 Å². The molecular formula is C17H26N6O8. The fourth-order valence-electron chi connectivity index (χ4n) is 2.43. The summed E-state index contributed by atoms with van der Waals surface area (Å²) in [7, 11) is 0. The van der Waals surface area contributed by atoms with Gasteiger partial charge in [0, 0.05) is 18.3 Å². The Kier molecular flexibility index (Phi) is 9.56. The quantitative estimate of drug-likeness (QED) is 0.160. The normalized spacial score (nSPS) is 15.6. The van der Waals surface area contributed by atoms with Crippen LogP contribution in [-0.2, 0) is 30.4 Å². The van der Waals surface area contributed by atoms with Crippen molar-refractivity contribution in [2.75, 3.05) is 0 Å². The molecule has 0 saturated heterocycles. The van der Waals surface area contributed by atoms with Crippen molar-refractivity contribution >= 4 is 29.7 Å². The molecule has 3 amide bonds. The Morgan fingerprint density at radius 3 is 2.06 bits per heavy atom. The summed E-state index contributed by atoms with van der Waals surface area (Å²) in [6.45, 7) is 2.51. The Morgan fingerprint density at radius 1 is 1.03 bits per heavy atom. The van der Waals surface area contributed by atoms with Crippen LogP contribution >= 0.6 is 0 Å². The average molecular weight is 442 g/mol. The van der Waals surface area contributed by atoms with Crippen LogP contribution in [0.3, 0.4) is 0 Å². The minimum atomic E-state index is -1.72. The Labute approximate surface area is 176 Å². The van der Waals surface area contributed by atoms with Crippen molar-refractivity contribution in [3.63, 3.8) is 0 Å². The zero-order valence-corrected chi connectivity index (χ0v) is 16.9. The van der Waals surface area contributed by atoms with Gasteiger partial charge in [-0.3, -0.25) is 19.2 Å². The van der Waals surface area contributed by atoms with E-state index in [2.05, 4.69) is 20.6 Å². The van der Waals surface area contributed by atoms with E-state index in [4.69, 9.17) is 15.9 Å². The van der Waals surface area contributed by atoms with E-state index >= 15 is 0 Å². The molecule has 1 aromatic rings. The van der Waals surface area contributed by atoms with Crippen LogP contribution in [0.25, 0.3) is 0 Å². The first-order chi connectivity index (χ1) is 14.4. The van der Waals surface area contributed by atoms with Gasteiger partial charge >= 0.3 is 11.9 Å². The molecule has 1 heterocycles. The number of aromatic amines is 1. The third kappa shape index (κ3) is 8.39. The summed E-state index contributed by atoms with van der Waals surface area (Å²) >= 11 is 0. The Balaban J connectivity index is 3.03. The molecular weight excluding hydrogens is 416 g/mol. The number of aromatic nitrogens is 2. The number of carboxylic acids is 2. The summed E-state index contributed by atoms with van der Waals surface area (Å²) in [5, 5.41) is 34.2. The van der Waals surface area contributed by atoms with E-state index in [0.717, 1.165) is 6.92 Å². The zero-order valence-electron chi connectivity index (χ0n) is 16.9. The fourth-order valence-corrected chi connectivity index (χ4v) is 2.43. The second-order valence-electron chi connectivity index (χ2n) is 6.85. The molecule has 5 atom stereocenters. The first-order valence-corrected chi connectivity index (χ1v) is 9.19. The fraction of sp³-hybridized carbons (Fsp3) is 0.529. The second kappa shape index (κ2) is 11.6. The number of aliphatic hydroxyl groups excluding tert-OH is 1. The van der Waals surface area contributed by atoms with Gasteiger partial charge in [-0.05, 0) is 13.8 Å². The molecule has 0 bridgehead atoms. The number of hydrogen-bond donors (Lipinski definition) is 8. The third-order valence-corrected chi connectivity index (χ3v) is 4.08. The molecule has 0 saturated carbocycles. The lowest BCUT2D eigenvalue weighted by atomic mass is 10.1. The molecule has 0 aromatic carbocycles. The number of nitrogens with one attached hydrogen (secondary N) is 4. The molecule has 14 heteroatoms. The monoisotopic (exact) mass is 442 g/mol. The molecule has 0 radical (unpaired) electrons. The highest BCUT2D eigenvalue weighted by molar-refractivity contribution is 5.95. The molecule has 0 aliphatic heterocycles. The summed E-state index contributed by atoms with van der Waals surface area (Å²) in [5.41, 5.74) is 5.96. The highest BCUT2D eigenvalue weighted by Gasteiger charge is 2.33. The molecule has 0 aliphatic rings. The molecule has 14 nitrogen and oxygen atoms in total. The molecule has 5 unspecified atom stereocenters. The maximum Gasteiger partial charge on any atom is 0.328 e. The van der Waals surface area contributed by atoms with Gasteiger partial charge in [-0.1, -0.05) is 0 Å². The summed E-state index contributed by atoms with van der Waals surface area (Å²) in [4.78, 5) is 66.0. The highest BCUT2D eigenvalue weighted by atomic mass is 16.4. The molecule has 172 valence electrons. The van der Waals surface area contributed by atoms with E-state index in [-0.39, 0.29) is 6.42 Å². The van der Waals surface area contributed by atoms with Crippen LogP contribution in [0.15, 0.2) is 12.5 Å². The SMILES string of the molecule is CC(N)C(=O)NC(Cc1cnc[nH]1)C(=O)NC(CC(=O)O)C(=O)NC(C(=O)O)C(C)O. The van der Waals surface area contributed by atoms with Crippen molar-refractivity contribution in [3.05, 3.63) is 18.2 Å². The van der Waals surface area contributed by atoms with Gasteiger partial charge in [-0.15, -0.1) is 0 Å². The Morgan fingerprint density at radius 2 is 1.61 bits per heavy atom. The number of aliphatic hydroxyl groups is 1. The first-order valence-electron chi connectivity index (χ1n) is 9.19. The molecule has 0 aliphatic carbocycles. The minimum Gasteiger partial charge on any atom is -0.481 e. The van der Waals surface area contributed by atoms with Crippen LogP contribution in [0.1, 0.15) is 26.0 Å². The van der Waals surface area contributed by atoms with Gasteiger partial charge in [0.05, 0.1) is 24.9 Å². The number of hydrogen-bond acceptors (Lipinski definition) is 8. The average Bonchev–Trinajstić information content (AvgIpc) is 3.16. The van der Waals surface area contributed by atoms with Crippen molar-refractivity contribution in [2.45, 2.75) is 57.0 Å².